The highest BCUT2D eigenvalue weighted by Gasteiger charge is 2.27. The first-order valence-corrected chi connectivity index (χ1v) is 12.5. The number of hydrogen-bond donors (Lipinski definition) is 1. The van der Waals surface area contributed by atoms with Crippen molar-refractivity contribution in [3.05, 3.63) is 24.3 Å². The summed E-state index contributed by atoms with van der Waals surface area (Å²) in [5, 5.41) is 3.63. The van der Waals surface area contributed by atoms with Gasteiger partial charge in [-0.1, -0.05) is 26.8 Å². The van der Waals surface area contributed by atoms with E-state index in [0.29, 0.717) is 18.0 Å². The van der Waals surface area contributed by atoms with E-state index in [9.17, 15) is 0 Å². The zero-order valence-electron chi connectivity index (χ0n) is 19.7. The van der Waals surface area contributed by atoms with Gasteiger partial charge in [0.2, 0.25) is 5.95 Å². The zero-order chi connectivity index (χ0) is 21.8. The van der Waals surface area contributed by atoms with Gasteiger partial charge >= 0.3 is 0 Å². The molecule has 31 heavy (non-hydrogen) atoms. The van der Waals surface area contributed by atoms with Crippen LogP contribution in [0.5, 0.6) is 0 Å². The maximum Gasteiger partial charge on any atom is 0.224 e. The van der Waals surface area contributed by atoms with Gasteiger partial charge in [0.15, 0.2) is 5.65 Å². The fourth-order valence-corrected chi connectivity index (χ4v) is 5.55. The molecule has 1 aliphatic heterocycles. The van der Waals surface area contributed by atoms with Crippen LogP contribution in [0, 0.1) is 12.8 Å². The average molecular weight is 425 g/mol. The Kier molecular flexibility index (Phi) is 7.13. The first kappa shape index (κ1) is 22.1. The summed E-state index contributed by atoms with van der Waals surface area (Å²) in [4.78, 5) is 16.8. The lowest BCUT2D eigenvalue weighted by atomic mass is 9.83. The lowest BCUT2D eigenvalue weighted by Crippen LogP contribution is -2.35. The van der Waals surface area contributed by atoms with Crippen LogP contribution in [-0.2, 0) is 0 Å². The fourth-order valence-electron chi connectivity index (χ4n) is 5.55. The normalized spacial score (nSPS) is 23.1. The Morgan fingerprint density at radius 2 is 1.87 bits per heavy atom. The molecule has 3 heterocycles. The van der Waals surface area contributed by atoms with Gasteiger partial charge in [-0.3, -0.25) is 0 Å². The summed E-state index contributed by atoms with van der Waals surface area (Å²) in [5.41, 5.74) is 3.26. The van der Waals surface area contributed by atoms with Crippen LogP contribution < -0.4 is 5.32 Å². The van der Waals surface area contributed by atoms with E-state index in [0.717, 1.165) is 48.6 Å². The summed E-state index contributed by atoms with van der Waals surface area (Å²) < 4.78 is 2.32. The number of nitrogens with one attached hydrogen (secondary N) is 1. The smallest absolute Gasteiger partial charge is 0.224 e. The number of hydrogen-bond acceptors (Lipinski definition) is 5. The van der Waals surface area contributed by atoms with Crippen molar-refractivity contribution in [1.82, 2.24) is 24.4 Å². The van der Waals surface area contributed by atoms with Crippen molar-refractivity contribution in [3.63, 3.8) is 0 Å². The van der Waals surface area contributed by atoms with E-state index in [1.807, 2.05) is 6.20 Å². The van der Waals surface area contributed by atoms with E-state index < -0.39 is 0 Å². The number of fused-ring (bicyclic) bond motifs is 1. The summed E-state index contributed by atoms with van der Waals surface area (Å²) in [6, 6.07) is 0.895. The van der Waals surface area contributed by atoms with Crippen LogP contribution in [0.2, 0.25) is 0 Å². The molecule has 1 atom stereocenters. The summed E-state index contributed by atoms with van der Waals surface area (Å²) in [7, 11) is 0. The van der Waals surface area contributed by atoms with E-state index in [2.05, 4.69) is 47.1 Å². The molecule has 0 spiro atoms. The summed E-state index contributed by atoms with van der Waals surface area (Å²) >= 11 is 0. The van der Waals surface area contributed by atoms with Gasteiger partial charge in [0.25, 0.3) is 0 Å². The third-order valence-electron chi connectivity index (χ3n) is 7.36. The van der Waals surface area contributed by atoms with E-state index in [-0.39, 0.29) is 0 Å². The van der Waals surface area contributed by atoms with Crippen LogP contribution in [0.15, 0.2) is 18.5 Å². The van der Waals surface area contributed by atoms with Gasteiger partial charge in [0, 0.05) is 30.9 Å². The fraction of sp³-hybridized carbons (Fsp3) is 0.720. The predicted molar refractivity (Wildman–Crippen MR) is 128 cm³/mol. The lowest BCUT2D eigenvalue weighted by molar-refractivity contribution is 0.231. The highest BCUT2D eigenvalue weighted by molar-refractivity contribution is 5.72. The number of aromatic nitrogens is 4. The van der Waals surface area contributed by atoms with Gasteiger partial charge in [-0.05, 0) is 70.6 Å². The van der Waals surface area contributed by atoms with E-state index in [4.69, 9.17) is 9.97 Å². The van der Waals surface area contributed by atoms with Crippen molar-refractivity contribution in [2.75, 3.05) is 18.4 Å². The minimum absolute atomic E-state index is 0.443. The van der Waals surface area contributed by atoms with E-state index in [1.165, 1.54) is 57.3 Å². The van der Waals surface area contributed by atoms with Crippen molar-refractivity contribution >= 4 is 17.1 Å². The Balaban J connectivity index is 1.40. The summed E-state index contributed by atoms with van der Waals surface area (Å²) in [6.45, 7) is 13.5. The molecule has 1 saturated heterocycles. The Labute approximate surface area is 187 Å². The Morgan fingerprint density at radius 3 is 2.55 bits per heavy atom. The largest absolute Gasteiger partial charge is 0.375 e. The summed E-state index contributed by atoms with van der Waals surface area (Å²) in [6.07, 6.45) is 14.1. The monoisotopic (exact) mass is 424 g/mol. The second-order valence-electron chi connectivity index (χ2n) is 9.51. The van der Waals surface area contributed by atoms with Gasteiger partial charge in [-0.2, -0.15) is 4.98 Å². The zero-order valence-corrected chi connectivity index (χ0v) is 19.7. The van der Waals surface area contributed by atoms with Crippen molar-refractivity contribution < 1.29 is 0 Å². The van der Waals surface area contributed by atoms with Crippen LogP contribution in [0.4, 0.5) is 5.95 Å². The van der Waals surface area contributed by atoms with Crippen LogP contribution in [0.3, 0.4) is 0 Å². The molecular weight excluding hydrogens is 384 g/mol. The second-order valence-corrected chi connectivity index (χ2v) is 9.51. The molecule has 1 saturated carbocycles. The first-order chi connectivity index (χ1) is 15.1. The SMILES string of the molecule is C=C(C1CCC(Nc2ncc3nc(C)n(C(CC)CCC)c3n2)CC1)N1CCCCC1. The third kappa shape index (κ3) is 4.88. The molecule has 2 aromatic heterocycles. The molecule has 2 fully saturated rings. The van der Waals surface area contributed by atoms with Crippen molar-refractivity contribution in [2.45, 2.75) is 97.1 Å². The minimum atomic E-state index is 0.443. The number of allylic oxidation sites excluding steroid dienone is 1. The molecule has 2 aliphatic rings. The molecule has 0 amide bonds. The van der Waals surface area contributed by atoms with Gasteiger partial charge in [-0.15, -0.1) is 0 Å². The molecule has 1 unspecified atom stereocenters. The van der Waals surface area contributed by atoms with E-state index >= 15 is 0 Å². The number of rotatable bonds is 8. The maximum atomic E-state index is 4.92. The molecule has 170 valence electrons. The molecule has 0 aromatic carbocycles. The highest BCUT2D eigenvalue weighted by Crippen LogP contribution is 2.33. The quantitative estimate of drug-likeness (QED) is 0.575. The van der Waals surface area contributed by atoms with Crippen LogP contribution in [0.25, 0.3) is 11.2 Å². The summed E-state index contributed by atoms with van der Waals surface area (Å²) in [5.74, 6) is 2.43. The molecule has 1 aliphatic carbocycles. The molecule has 6 heteroatoms. The number of aryl methyl sites for hydroxylation is 1. The second kappa shape index (κ2) is 10.0. The molecular formula is C25H40N6. The van der Waals surface area contributed by atoms with Crippen LogP contribution in [0.1, 0.15) is 89.9 Å². The number of likely N-dealkylation sites (tertiary alicyclic amines) is 1. The molecule has 0 bridgehead atoms. The number of nitrogens with zero attached hydrogens (tertiary/aromatic N) is 5. The molecule has 1 N–H and O–H groups in total. The number of piperidine rings is 1. The Bertz CT molecular complexity index is 874. The van der Waals surface area contributed by atoms with E-state index in [1.54, 1.807) is 0 Å². The van der Waals surface area contributed by atoms with Gasteiger partial charge < -0.3 is 14.8 Å². The lowest BCUT2D eigenvalue weighted by Gasteiger charge is -2.37. The molecule has 4 rings (SSSR count). The number of imidazole rings is 1. The average Bonchev–Trinajstić information content (AvgIpc) is 3.13. The Hall–Kier alpha value is -2.11. The topological polar surface area (TPSA) is 58.9 Å². The molecule has 0 radical (unpaired) electrons. The van der Waals surface area contributed by atoms with Crippen molar-refractivity contribution in [1.29, 1.82) is 0 Å². The minimum Gasteiger partial charge on any atom is -0.375 e. The highest BCUT2D eigenvalue weighted by atomic mass is 15.2. The van der Waals surface area contributed by atoms with Crippen LogP contribution >= 0.6 is 0 Å². The van der Waals surface area contributed by atoms with Gasteiger partial charge in [0.1, 0.15) is 11.3 Å². The van der Waals surface area contributed by atoms with Crippen molar-refractivity contribution in [3.8, 4) is 0 Å². The molecule has 2 aromatic rings. The first-order valence-electron chi connectivity index (χ1n) is 12.5. The standard InChI is InChI=1S/C25H40N6/c1-5-10-22(6-2)31-19(4)27-23-17-26-25(29-24(23)31)28-21-13-11-20(12-14-21)18(3)30-15-8-7-9-16-30/h17,20-22H,3,5-16H2,1-2,4H3,(H,26,28,29). The maximum absolute atomic E-state index is 4.92. The third-order valence-corrected chi connectivity index (χ3v) is 7.36. The number of anilines is 1. The van der Waals surface area contributed by atoms with Gasteiger partial charge in [-0.25, -0.2) is 9.97 Å². The molecule has 6 nitrogen and oxygen atoms in total. The van der Waals surface area contributed by atoms with Crippen molar-refractivity contribution in [2.24, 2.45) is 5.92 Å². The van der Waals surface area contributed by atoms with Gasteiger partial charge in [0.05, 0.1) is 6.20 Å². The Morgan fingerprint density at radius 1 is 1.13 bits per heavy atom. The van der Waals surface area contributed by atoms with Crippen LogP contribution in [-0.4, -0.2) is 43.6 Å². The predicted octanol–water partition coefficient (Wildman–Crippen LogP) is 5.86.